The van der Waals surface area contributed by atoms with Crippen molar-refractivity contribution in [3.05, 3.63) is 63.6 Å². The van der Waals surface area contributed by atoms with Crippen LogP contribution in [0.5, 0.6) is 0 Å². The fraction of sp³-hybridized carbons (Fsp3) is 0.481. The molecule has 1 N–H and O–H groups in total. The van der Waals surface area contributed by atoms with Crippen molar-refractivity contribution in [3.8, 4) is 0 Å². The van der Waals surface area contributed by atoms with Gasteiger partial charge in [0.1, 0.15) is 6.04 Å². The molecule has 1 aliphatic rings. The van der Waals surface area contributed by atoms with Crippen molar-refractivity contribution in [2.24, 2.45) is 0 Å². The maximum Gasteiger partial charge on any atom is 0.242 e. The largest absolute Gasteiger partial charge is 0.352 e. The first kappa shape index (κ1) is 29.3. The molecule has 2 aromatic rings. The molecule has 1 atom stereocenters. The number of hydrogen-bond donors (Lipinski definition) is 1. The molecule has 0 radical (unpaired) electrons. The van der Waals surface area contributed by atoms with Gasteiger partial charge >= 0.3 is 0 Å². The molecule has 0 heterocycles. The number of halogens is 2. The molecule has 10 heteroatoms. The van der Waals surface area contributed by atoms with Gasteiger partial charge in [0.15, 0.2) is 0 Å². The number of sulfonamides is 1. The Bertz CT molecular complexity index is 1200. The van der Waals surface area contributed by atoms with Gasteiger partial charge in [-0.1, -0.05) is 54.2 Å². The number of nitrogens with zero attached hydrogens (tertiary/aromatic N) is 2. The monoisotopic (exact) mass is 567 g/mol. The van der Waals surface area contributed by atoms with Gasteiger partial charge in [0.25, 0.3) is 0 Å². The Balaban J connectivity index is 1.73. The van der Waals surface area contributed by atoms with Crippen LogP contribution in [0.3, 0.4) is 0 Å². The Labute approximate surface area is 230 Å². The van der Waals surface area contributed by atoms with Crippen LogP contribution in [-0.4, -0.2) is 50.0 Å². The number of anilines is 1. The molecule has 1 saturated carbocycles. The summed E-state index contributed by atoms with van der Waals surface area (Å²) in [5.74, 6) is -0.401. The first-order chi connectivity index (χ1) is 17.5. The van der Waals surface area contributed by atoms with Crippen LogP contribution in [0, 0.1) is 6.92 Å². The van der Waals surface area contributed by atoms with Crippen LogP contribution >= 0.6 is 23.2 Å². The average Bonchev–Trinajstić information content (AvgIpc) is 3.35. The predicted octanol–water partition coefficient (Wildman–Crippen LogP) is 5.32. The number of rotatable bonds is 11. The summed E-state index contributed by atoms with van der Waals surface area (Å²) in [6, 6.07) is 11.7. The normalized spacial score (nSPS) is 14.8. The van der Waals surface area contributed by atoms with E-state index >= 15 is 0 Å². The van der Waals surface area contributed by atoms with Crippen molar-refractivity contribution in [2.45, 2.75) is 71.0 Å². The molecule has 3 rings (SSSR count). The van der Waals surface area contributed by atoms with Crippen LogP contribution in [0.1, 0.15) is 56.6 Å². The highest BCUT2D eigenvalue weighted by Crippen LogP contribution is 2.27. The van der Waals surface area contributed by atoms with Crippen molar-refractivity contribution in [3.63, 3.8) is 0 Å². The lowest BCUT2D eigenvalue weighted by atomic mass is 10.1. The Morgan fingerprint density at radius 3 is 2.30 bits per heavy atom. The number of carbonyl (C=O) groups is 2. The quantitative estimate of drug-likeness (QED) is 0.398. The molecule has 0 aromatic heterocycles. The SMILES string of the molecule is Cc1ccc(Cl)cc1N(CCCC(=O)N(Cc1ccc(Cl)cc1)[C@@H](C)C(=O)NC1CCCC1)S(C)(=O)=O. The summed E-state index contributed by atoms with van der Waals surface area (Å²) >= 11 is 12.1. The number of hydrogen-bond acceptors (Lipinski definition) is 4. The molecule has 2 aromatic carbocycles. The molecular weight excluding hydrogens is 533 g/mol. The molecule has 7 nitrogen and oxygen atoms in total. The van der Waals surface area contributed by atoms with Crippen molar-refractivity contribution >= 4 is 50.7 Å². The van der Waals surface area contributed by atoms with E-state index in [-0.39, 0.29) is 43.8 Å². The third kappa shape index (κ3) is 8.35. The fourth-order valence-corrected chi connectivity index (χ4v) is 5.90. The van der Waals surface area contributed by atoms with Gasteiger partial charge in [0.2, 0.25) is 21.8 Å². The molecule has 2 amide bonds. The third-order valence-electron chi connectivity index (χ3n) is 6.73. The van der Waals surface area contributed by atoms with Crippen LogP contribution in [0.15, 0.2) is 42.5 Å². The topological polar surface area (TPSA) is 86.8 Å². The molecule has 37 heavy (non-hydrogen) atoms. The van der Waals surface area contributed by atoms with Crippen LogP contribution in [0.25, 0.3) is 0 Å². The predicted molar refractivity (Wildman–Crippen MR) is 149 cm³/mol. The van der Waals surface area contributed by atoms with Gasteiger partial charge in [-0.05, 0) is 68.5 Å². The van der Waals surface area contributed by atoms with Gasteiger partial charge in [0.05, 0.1) is 11.9 Å². The second-order valence-electron chi connectivity index (χ2n) is 9.68. The number of aryl methyl sites for hydroxylation is 1. The second-order valence-corrected chi connectivity index (χ2v) is 12.5. The molecule has 0 bridgehead atoms. The van der Waals surface area contributed by atoms with E-state index in [2.05, 4.69) is 5.32 Å². The summed E-state index contributed by atoms with van der Waals surface area (Å²) in [5.41, 5.74) is 2.11. The number of benzene rings is 2. The molecule has 202 valence electrons. The average molecular weight is 569 g/mol. The first-order valence-corrected chi connectivity index (χ1v) is 15.1. The summed E-state index contributed by atoms with van der Waals surface area (Å²) in [7, 11) is -3.60. The van der Waals surface area contributed by atoms with E-state index in [0.717, 1.165) is 43.1 Å². The lowest BCUT2D eigenvalue weighted by Crippen LogP contribution is -2.49. The lowest BCUT2D eigenvalue weighted by molar-refractivity contribution is -0.141. The van der Waals surface area contributed by atoms with E-state index in [0.29, 0.717) is 15.7 Å². The summed E-state index contributed by atoms with van der Waals surface area (Å²) in [6.07, 6.45) is 5.59. The molecule has 1 aliphatic carbocycles. The summed E-state index contributed by atoms with van der Waals surface area (Å²) in [4.78, 5) is 28.0. The lowest BCUT2D eigenvalue weighted by Gasteiger charge is -2.30. The second kappa shape index (κ2) is 13.0. The van der Waals surface area contributed by atoms with E-state index in [9.17, 15) is 18.0 Å². The van der Waals surface area contributed by atoms with Gasteiger partial charge in [-0.2, -0.15) is 0 Å². The Kier molecular flexibility index (Phi) is 10.3. The minimum absolute atomic E-state index is 0.0836. The summed E-state index contributed by atoms with van der Waals surface area (Å²) in [6.45, 7) is 3.91. The summed E-state index contributed by atoms with van der Waals surface area (Å²) < 4.78 is 26.4. The Morgan fingerprint density at radius 2 is 1.68 bits per heavy atom. The third-order valence-corrected chi connectivity index (χ3v) is 8.39. The molecule has 0 spiro atoms. The van der Waals surface area contributed by atoms with Crippen LogP contribution in [0.2, 0.25) is 10.0 Å². The highest BCUT2D eigenvalue weighted by molar-refractivity contribution is 7.92. The van der Waals surface area contributed by atoms with E-state index < -0.39 is 16.1 Å². The van der Waals surface area contributed by atoms with Gasteiger partial charge in [-0.25, -0.2) is 8.42 Å². The van der Waals surface area contributed by atoms with Crippen molar-refractivity contribution < 1.29 is 18.0 Å². The van der Waals surface area contributed by atoms with Crippen LogP contribution in [-0.2, 0) is 26.2 Å². The Hall–Kier alpha value is -2.29. The van der Waals surface area contributed by atoms with Crippen molar-refractivity contribution in [1.29, 1.82) is 0 Å². The van der Waals surface area contributed by atoms with E-state index in [4.69, 9.17) is 23.2 Å². The molecule has 0 saturated heterocycles. The number of amides is 2. The standard InChI is InChI=1S/C27H35Cl2N3O4S/c1-19-10-13-23(29)17-25(19)32(37(3,35)36)16-6-9-26(33)31(18-21-11-14-22(28)15-12-21)20(2)27(34)30-24-7-4-5-8-24/h10-15,17,20,24H,4-9,16,18H2,1-3H3,(H,30,34)/t20-/m0/s1. The zero-order valence-electron chi connectivity index (χ0n) is 21.5. The van der Waals surface area contributed by atoms with Crippen LogP contribution in [0.4, 0.5) is 5.69 Å². The zero-order chi connectivity index (χ0) is 27.2. The Morgan fingerprint density at radius 1 is 1.05 bits per heavy atom. The summed E-state index contributed by atoms with van der Waals surface area (Å²) in [5, 5.41) is 4.10. The number of carbonyl (C=O) groups excluding carboxylic acids is 2. The van der Waals surface area contributed by atoms with Crippen molar-refractivity contribution in [1.82, 2.24) is 10.2 Å². The van der Waals surface area contributed by atoms with E-state index in [1.165, 1.54) is 4.31 Å². The van der Waals surface area contributed by atoms with Gasteiger partial charge in [-0.15, -0.1) is 0 Å². The first-order valence-electron chi connectivity index (χ1n) is 12.5. The van der Waals surface area contributed by atoms with E-state index in [1.807, 2.05) is 19.1 Å². The number of nitrogens with one attached hydrogen (secondary N) is 1. The molecule has 0 aliphatic heterocycles. The minimum atomic E-state index is -3.60. The smallest absolute Gasteiger partial charge is 0.242 e. The van der Waals surface area contributed by atoms with Crippen molar-refractivity contribution in [2.75, 3.05) is 17.1 Å². The van der Waals surface area contributed by atoms with Gasteiger partial charge in [0, 0.05) is 35.6 Å². The van der Waals surface area contributed by atoms with Crippen LogP contribution < -0.4 is 9.62 Å². The molecule has 1 fully saturated rings. The van der Waals surface area contributed by atoms with Gasteiger partial charge in [-0.3, -0.25) is 13.9 Å². The minimum Gasteiger partial charge on any atom is -0.352 e. The molecular formula is C27H35Cl2N3O4S. The molecule has 0 unspecified atom stereocenters. The van der Waals surface area contributed by atoms with E-state index in [1.54, 1.807) is 42.2 Å². The maximum atomic E-state index is 13.4. The zero-order valence-corrected chi connectivity index (χ0v) is 23.9. The highest BCUT2D eigenvalue weighted by Gasteiger charge is 2.29. The fourth-order valence-electron chi connectivity index (χ4n) is 4.59. The highest BCUT2D eigenvalue weighted by atomic mass is 35.5. The maximum absolute atomic E-state index is 13.4. The van der Waals surface area contributed by atoms with Gasteiger partial charge < -0.3 is 10.2 Å².